The quantitative estimate of drug-likeness (QED) is 0.635. The molecule has 0 saturated carbocycles. The van der Waals surface area contributed by atoms with E-state index >= 15 is 0 Å². The lowest BCUT2D eigenvalue weighted by Gasteiger charge is -2.22. The summed E-state index contributed by atoms with van der Waals surface area (Å²) in [4.78, 5) is 22.1. The average Bonchev–Trinajstić information content (AvgIpc) is 2.35. The monoisotopic (exact) mass is 256 g/mol. The number of amides is 1. The molecule has 2 unspecified atom stereocenters. The molecule has 0 aromatic heterocycles. The van der Waals surface area contributed by atoms with Gasteiger partial charge in [0.15, 0.2) is 0 Å². The molecule has 1 amide bonds. The minimum atomic E-state index is -0.776. The van der Waals surface area contributed by atoms with Gasteiger partial charge in [0, 0.05) is 19.4 Å². The third-order valence-electron chi connectivity index (χ3n) is 3.37. The van der Waals surface area contributed by atoms with Crippen molar-refractivity contribution in [3.8, 4) is 0 Å². The SMILES string of the molecule is CC(CCC(=O)O)CNC(=O)CC1CCCNC1. The summed E-state index contributed by atoms with van der Waals surface area (Å²) in [6.45, 7) is 4.53. The number of piperidine rings is 1. The second kappa shape index (κ2) is 8.08. The maximum absolute atomic E-state index is 11.7. The van der Waals surface area contributed by atoms with E-state index in [4.69, 9.17) is 5.11 Å². The fourth-order valence-electron chi connectivity index (χ4n) is 2.19. The highest BCUT2D eigenvalue weighted by Crippen LogP contribution is 2.13. The van der Waals surface area contributed by atoms with Crippen LogP contribution >= 0.6 is 0 Å². The summed E-state index contributed by atoms with van der Waals surface area (Å²) < 4.78 is 0. The van der Waals surface area contributed by atoms with Crippen molar-refractivity contribution in [3.63, 3.8) is 0 Å². The molecule has 0 radical (unpaired) electrons. The number of carboxylic acids is 1. The van der Waals surface area contributed by atoms with Gasteiger partial charge in [-0.15, -0.1) is 0 Å². The maximum atomic E-state index is 11.7. The maximum Gasteiger partial charge on any atom is 0.303 e. The molecule has 0 aliphatic carbocycles. The predicted octanol–water partition coefficient (Wildman–Crippen LogP) is 0.993. The van der Waals surface area contributed by atoms with E-state index in [0.717, 1.165) is 25.9 Å². The molecule has 1 fully saturated rings. The van der Waals surface area contributed by atoms with Crippen LogP contribution in [0.1, 0.15) is 39.0 Å². The normalized spacial score (nSPS) is 21.3. The molecule has 3 N–H and O–H groups in total. The lowest BCUT2D eigenvalue weighted by molar-refractivity contribution is -0.137. The summed E-state index contributed by atoms with van der Waals surface area (Å²) in [6.07, 6.45) is 3.63. The lowest BCUT2D eigenvalue weighted by atomic mass is 9.96. The fraction of sp³-hybridized carbons (Fsp3) is 0.846. The molecule has 1 saturated heterocycles. The van der Waals surface area contributed by atoms with Crippen molar-refractivity contribution in [2.45, 2.75) is 39.0 Å². The van der Waals surface area contributed by atoms with Crippen LogP contribution in [-0.4, -0.2) is 36.6 Å². The molecule has 1 heterocycles. The molecule has 1 aliphatic rings. The summed E-state index contributed by atoms with van der Waals surface area (Å²) in [7, 11) is 0. The zero-order chi connectivity index (χ0) is 13.4. The van der Waals surface area contributed by atoms with Crippen LogP contribution in [-0.2, 0) is 9.59 Å². The standard InChI is InChI=1S/C13H24N2O3/c1-10(4-5-13(17)18)8-15-12(16)7-11-3-2-6-14-9-11/h10-11,14H,2-9H2,1H3,(H,15,16)(H,17,18). The van der Waals surface area contributed by atoms with E-state index in [1.807, 2.05) is 6.92 Å². The third kappa shape index (κ3) is 6.59. The van der Waals surface area contributed by atoms with E-state index in [-0.39, 0.29) is 18.2 Å². The summed E-state index contributed by atoms with van der Waals surface area (Å²) in [6, 6.07) is 0. The third-order valence-corrected chi connectivity index (χ3v) is 3.37. The van der Waals surface area contributed by atoms with Gasteiger partial charge in [-0.2, -0.15) is 0 Å². The van der Waals surface area contributed by atoms with Gasteiger partial charge in [0.25, 0.3) is 0 Å². The first kappa shape index (κ1) is 15.0. The van der Waals surface area contributed by atoms with Gasteiger partial charge >= 0.3 is 5.97 Å². The Morgan fingerprint density at radius 2 is 2.28 bits per heavy atom. The van der Waals surface area contributed by atoms with Crippen molar-refractivity contribution in [1.29, 1.82) is 0 Å². The number of carboxylic acid groups (broad SMARTS) is 1. The minimum Gasteiger partial charge on any atom is -0.481 e. The van der Waals surface area contributed by atoms with Gasteiger partial charge in [0.2, 0.25) is 5.91 Å². The van der Waals surface area contributed by atoms with Gasteiger partial charge in [-0.05, 0) is 44.2 Å². The number of carbonyl (C=O) groups is 2. The summed E-state index contributed by atoms with van der Waals surface area (Å²) >= 11 is 0. The lowest BCUT2D eigenvalue weighted by Crippen LogP contribution is -2.35. The number of aliphatic carboxylic acids is 1. The van der Waals surface area contributed by atoms with Crippen LogP contribution in [0.5, 0.6) is 0 Å². The highest BCUT2D eigenvalue weighted by atomic mass is 16.4. The van der Waals surface area contributed by atoms with Crippen molar-refractivity contribution in [1.82, 2.24) is 10.6 Å². The summed E-state index contributed by atoms with van der Waals surface area (Å²) in [5.74, 6) is -0.0186. The first-order chi connectivity index (χ1) is 8.58. The van der Waals surface area contributed by atoms with Crippen molar-refractivity contribution in [3.05, 3.63) is 0 Å². The molecule has 0 bridgehead atoms. The van der Waals surface area contributed by atoms with Crippen LogP contribution in [0.3, 0.4) is 0 Å². The van der Waals surface area contributed by atoms with Crippen LogP contribution < -0.4 is 10.6 Å². The van der Waals surface area contributed by atoms with Gasteiger partial charge in [0.1, 0.15) is 0 Å². The second-order valence-corrected chi connectivity index (χ2v) is 5.26. The van der Waals surface area contributed by atoms with Crippen molar-refractivity contribution in [2.24, 2.45) is 11.8 Å². The second-order valence-electron chi connectivity index (χ2n) is 5.26. The minimum absolute atomic E-state index is 0.0888. The first-order valence-corrected chi connectivity index (χ1v) is 6.77. The van der Waals surface area contributed by atoms with Crippen molar-refractivity contribution >= 4 is 11.9 Å². The smallest absolute Gasteiger partial charge is 0.303 e. The molecule has 5 heteroatoms. The topological polar surface area (TPSA) is 78.4 Å². The van der Waals surface area contributed by atoms with E-state index in [0.29, 0.717) is 25.3 Å². The Balaban J connectivity index is 2.10. The molecular weight excluding hydrogens is 232 g/mol. The Morgan fingerprint density at radius 3 is 2.89 bits per heavy atom. The molecule has 0 spiro atoms. The average molecular weight is 256 g/mol. The zero-order valence-corrected chi connectivity index (χ0v) is 11.1. The van der Waals surface area contributed by atoms with Gasteiger partial charge < -0.3 is 15.7 Å². The van der Waals surface area contributed by atoms with E-state index in [9.17, 15) is 9.59 Å². The molecule has 1 rings (SSSR count). The van der Waals surface area contributed by atoms with Crippen LogP contribution in [0.2, 0.25) is 0 Å². The molecule has 1 aliphatic heterocycles. The molecule has 0 aromatic carbocycles. The highest BCUT2D eigenvalue weighted by molar-refractivity contribution is 5.76. The van der Waals surface area contributed by atoms with Crippen LogP contribution in [0.15, 0.2) is 0 Å². The molecule has 0 aromatic rings. The Labute approximate surface area is 108 Å². The molecule has 104 valence electrons. The van der Waals surface area contributed by atoms with Gasteiger partial charge in [0.05, 0.1) is 0 Å². The van der Waals surface area contributed by atoms with E-state index in [1.54, 1.807) is 0 Å². The van der Waals surface area contributed by atoms with Gasteiger partial charge in [-0.1, -0.05) is 6.92 Å². The highest BCUT2D eigenvalue weighted by Gasteiger charge is 2.16. The summed E-state index contributed by atoms with van der Waals surface area (Å²) in [5, 5.41) is 14.7. The number of carbonyl (C=O) groups excluding carboxylic acids is 1. The predicted molar refractivity (Wildman–Crippen MR) is 69.3 cm³/mol. The largest absolute Gasteiger partial charge is 0.481 e. The van der Waals surface area contributed by atoms with E-state index < -0.39 is 5.97 Å². The van der Waals surface area contributed by atoms with Crippen LogP contribution in [0, 0.1) is 11.8 Å². The molecule has 5 nitrogen and oxygen atoms in total. The van der Waals surface area contributed by atoms with Gasteiger partial charge in [-0.25, -0.2) is 0 Å². The number of nitrogens with one attached hydrogen (secondary N) is 2. The number of hydrogen-bond acceptors (Lipinski definition) is 3. The molecular formula is C13H24N2O3. The van der Waals surface area contributed by atoms with Crippen molar-refractivity contribution < 1.29 is 14.7 Å². The van der Waals surface area contributed by atoms with Crippen LogP contribution in [0.25, 0.3) is 0 Å². The Morgan fingerprint density at radius 1 is 1.50 bits per heavy atom. The Hall–Kier alpha value is -1.10. The fourth-order valence-corrected chi connectivity index (χ4v) is 2.19. The molecule has 18 heavy (non-hydrogen) atoms. The zero-order valence-electron chi connectivity index (χ0n) is 11.1. The Kier molecular flexibility index (Phi) is 6.72. The number of rotatable bonds is 7. The van der Waals surface area contributed by atoms with Crippen LogP contribution in [0.4, 0.5) is 0 Å². The first-order valence-electron chi connectivity index (χ1n) is 6.77. The van der Waals surface area contributed by atoms with Crippen molar-refractivity contribution in [2.75, 3.05) is 19.6 Å². The van der Waals surface area contributed by atoms with E-state index in [2.05, 4.69) is 10.6 Å². The summed E-state index contributed by atoms with van der Waals surface area (Å²) in [5.41, 5.74) is 0. The van der Waals surface area contributed by atoms with Gasteiger partial charge in [-0.3, -0.25) is 9.59 Å². The molecule has 2 atom stereocenters. The van der Waals surface area contributed by atoms with E-state index in [1.165, 1.54) is 0 Å². The Bertz CT molecular complexity index is 275. The number of hydrogen-bond donors (Lipinski definition) is 3.